The summed E-state index contributed by atoms with van der Waals surface area (Å²) in [6, 6.07) is 24.1. The Morgan fingerprint density at radius 3 is 2.26 bits per heavy atom. The van der Waals surface area contributed by atoms with Gasteiger partial charge in [-0.3, -0.25) is 14.4 Å². The molecule has 0 spiro atoms. The Hall–Kier alpha value is -3.64. The van der Waals surface area contributed by atoms with Crippen molar-refractivity contribution < 1.29 is 24.2 Å². The molecule has 34 heavy (non-hydrogen) atoms. The highest BCUT2D eigenvalue weighted by molar-refractivity contribution is 6.30. The number of esters is 1. The first-order valence-electron chi connectivity index (χ1n) is 10.9. The number of hydrogen-bond donors (Lipinski definition) is 2. The molecule has 0 aromatic heterocycles. The Balaban J connectivity index is 1.65. The lowest BCUT2D eigenvalue weighted by atomic mass is 9.99. The van der Waals surface area contributed by atoms with E-state index in [9.17, 15) is 14.4 Å². The standard InChI is InChI=1S/C27H26ClNO5/c28-23-8-4-7-22(16-23)21-11-9-19(10-12-21)15-24(29-25(30)13-14-26(31)32)17-27(33)34-18-20-5-2-1-3-6-20/h1-12,16,24H,13-15,17-18H2,(H,29,30)(H,31,32). The Kier molecular flexibility index (Phi) is 9.23. The molecule has 1 unspecified atom stereocenters. The van der Waals surface area contributed by atoms with Gasteiger partial charge < -0.3 is 15.2 Å². The quantitative estimate of drug-likeness (QED) is 0.376. The van der Waals surface area contributed by atoms with E-state index in [1.54, 1.807) is 0 Å². The molecule has 3 rings (SSSR count). The third-order valence-electron chi connectivity index (χ3n) is 5.18. The second-order valence-corrected chi connectivity index (χ2v) is 8.36. The molecule has 0 aliphatic rings. The number of carbonyl (C=O) groups is 3. The lowest BCUT2D eigenvalue weighted by molar-refractivity contribution is -0.146. The fourth-order valence-corrected chi connectivity index (χ4v) is 3.67. The van der Waals surface area contributed by atoms with Crippen LogP contribution >= 0.6 is 11.6 Å². The molecule has 0 saturated heterocycles. The van der Waals surface area contributed by atoms with Crippen molar-refractivity contribution in [2.24, 2.45) is 0 Å². The molecular formula is C27H26ClNO5. The van der Waals surface area contributed by atoms with Crippen molar-refractivity contribution in [2.75, 3.05) is 0 Å². The van der Waals surface area contributed by atoms with E-state index in [-0.39, 0.29) is 25.9 Å². The molecule has 1 atom stereocenters. The number of aliphatic carboxylic acids is 1. The molecule has 176 valence electrons. The first-order valence-corrected chi connectivity index (χ1v) is 11.3. The van der Waals surface area contributed by atoms with Gasteiger partial charge in [-0.2, -0.15) is 0 Å². The molecule has 0 radical (unpaired) electrons. The average Bonchev–Trinajstić information content (AvgIpc) is 2.82. The molecule has 3 aromatic rings. The molecule has 0 bridgehead atoms. The largest absolute Gasteiger partial charge is 0.481 e. The molecule has 0 saturated carbocycles. The molecule has 0 aliphatic carbocycles. The van der Waals surface area contributed by atoms with Crippen LogP contribution in [-0.4, -0.2) is 29.0 Å². The van der Waals surface area contributed by atoms with Gasteiger partial charge in [-0.15, -0.1) is 0 Å². The van der Waals surface area contributed by atoms with Crippen molar-refractivity contribution in [3.63, 3.8) is 0 Å². The number of halogens is 1. The summed E-state index contributed by atoms with van der Waals surface area (Å²) < 4.78 is 5.37. The summed E-state index contributed by atoms with van der Waals surface area (Å²) in [5, 5.41) is 12.3. The second-order valence-electron chi connectivity index (χ2n) is 7.92. The highest BCUT2D eigenvalue weighted by Gasteiger charge is 2.19. The number of carboxylic acid groups (broad SMARTS) is 1. The highest BCUT2D eigenvalue weighted by Crippen LogP contribution is 2.23. The SMILES string of the molecule is O=C(O)CCC(=O)NC(CC(=O)OCc1ccccc1)Cc1ccc(-c2cccc(Cl)c2)cc1. The van der Waals surface area contributed by atoms with Gasteiger partial charge in [0.2, 0.25) is 5.91 Å². The van der Waals surface area contributed by atoms with Crippen molar-refractivity contribution in [3.05, 3.63) is 95.0 Å². The fourth-order valence-electron chi connectivity index (χ4n) is 3.48. The number of carboxylic acids is 1. The van der Waals surface area contributed by atoms with Crippen LogP contribution in [0.25, 0.3) is 11.1 Å². The number of ether oxygens (including phenoxy) is 1. The topological polar surface area (TPSA) is 92.7 Å². The first kappa shape index (κ1) is 25.0. The minimum absolute atomic E-state index is 0.0261. The van der Waals surface area contributed by atoms with Crippen LogP contribution in [0.3, 0.4) is 0 Å². The van der Waals surface area contributed by atoms with Crippen LogP contribution in [0.1, 0.15) is 30.4 Å². The zero-order valence-electron chi connectivity index (χ0n) is 18.6. The van der Waals surface area contributed by atoms with Crippen LogP contribution in [-0.2, 0) is 32.1 Å². The predicted octanol–water partition coefficient (Wildman–Crippen LogP) is 5.03. The van der Waals surface area contributed by atoms with Crippen LogP contribution < -0.4 is 5.32 Å². The number of nitrogens with one attached hydrogen (secondary N) is 1. The van der Waals surface area contributed by atoms with E-state index >= 15 is 0 Å². The summed E-state index contributed by atoms with van der Waals surface area (Å²) in [7, 11) is 0. The van der Waals surface area contributed by atoms with Gasteiger partial charge in [0.1, 0.15) is 6.61 Å². The number of rotatable bonds is 11. The van der Waals surface area contributed by atoms with Crippen molar-refractivity contribution >= 4 is 29.4 Å². The maximum absolute atomic E-state index is 12.5. The van der Waals surface area contributed by atoms with Crippen molar-refractivity contribution in [1.82, 2.24) is 5.32 Å². The molecule has 6 nitrogen and oxygen atoms in total. The Labute approximate surface area is 203 Å². The van der Waals surface area contributed by atoms with E-state index < -0.39 is 23.9 Å². The van der Waals surface area contributed by atoms with E-state index in [2.05, 4.69) is 5.32 Å². The molecule has 2 N–H and O–H groups in total. The number of amides is 1. The van der Waals surface area contributed by atoms with Gasteiger partial charge in [-0.25, -0.2) is 0 Å². The van der Waals surface area contributed by atoms with Gasteiger partial charge in [-0.05, 0) is 40.8 Å². The number of hydrogen-bond acceptors (Lipinski definition) is 4. The summed E-state index contributed by atoms with van der Waals surface area (Å²) in [4.78, 5) is 35.5. The number of benzene rings is 3. The zero-order chi connectivity index (χ0) is 24.3. The lowest BCUT2D eigenvalue weighted by Gasteiger charge is -2.18. The van der Waals surface area contributed by atoms with Crippen molar-refractivity contribution in [2.45, 2.75) is 38.3 Å². The summed E-state index contributed by atoms with van der Waals surface area (Å²) in [6.07, 6.45) is -0.0549. The average molecular weight is 480 g/mol. The monoisotopic (exact) mass is 479 g/mol. The summed E-state index contributed by atoms with van der Waals surface area (Å²) in [5.74, 6) is -1.91. The summed E-state index contributed by atoms with van der Waals surface area (Å²) in [6.45, 7) is 0.147. The predicted molar refractivity (Wildman–Crippen MR) is 130 cm³/mol. The maximum atomic E-state index is 12.5. The van der Waals surface area contributed by atoms with E-state index in [0.717, 1.165) is 22.3 Å². The van der Waals surface area contributed by atoms with Crippen molar-refractivity contribution in [1.29, 1.82) is 0 Å². The van der Waals surface area contributed by atoms with Crippen molar-refractivity contribution in [3.8, 4) is 11.1 Å². The number of carbonyl (C=O) groups excluding carboxylic acids is 2. The van der Waals surface area contributed by atoms with E-state index in [4.69, 9.17) is 21.4 Å². The molecule has 0 aliphatic heterocycles. The lowest BCUT2D eigenvalue weighted by Crippen LogP contribution is -2.38. The van der Waals surface area contributed by atoms with Crippen LogP contribution in [0.5, 0.6) is 0 Å². The van der Waals surface area contributed by atoms with E-state index in [1.165, 1.54) is 0 Å². The minimum atomic E-state index is -1.05. The van der Waals surface area contributed by atoms with Crippen LogP contribution in [0.2, 0.25) is 5.02 Å². The summed E-state index contributed by atoms with van der Waals surface area (Å²) in [5.41, 5.74) is 3.78. The molecular weight excluding hydrogens is 454 g/mol. The van der Waals surface area contributed by atoms with Gasteiger partial charge >= 0.3 is 11.9 Å². The van der Waals surface area contributed by atoms with Gasteiger partial charge in [0, 0.05) is 17.5 Å². The highest BCUT2D eigenvalue weighted by atomic mass is 35.5. The van der Waals surface area contributed by atoms with Crippen LogP contribution in [0.4, 0.5) is 0 Å². The Morgan fingerprint density at radius 1 is 0.853 bits per heavy atom. The van der Waals surface area contributed by atoms with E-state index in [1.807, 2.05) is 78.9 Å². The maximum Gasteiger partial charge on any atom is 0.308 e. The fraction of sp³-hybridized carbons (Fsp3) is 0.222. The third-order valence-corrected chi connectivity index (χ3v) is 5.42. The minimum Gasteiger partial charge on any atom is -0.481 e. The summed E-state index contributed by atoms with van der Waals surface area (Å²) >= 11 is 6.08. The second kappa shape index (κ2) is 12.6. The van der Waals surface area contributed by atoms with Crippen LogP contribution in [0, 0.1) is 0 Å². The normalized spacial score (nSPS) is 11.4. The van der Waals surface area contributed by atoms with Gasteiger partial charge in [0.05, 0.1) is 12.8 Å². The zero-order valence-corrected chi connectivity index (χ0v) is 19.3. The van der Waals surface area contributed by atoms with Gasteiger partial charge in [0.25, 0.3) is 0 Å². The molecule has 0 fully saturated rings. The Morgan fingerprint density at radius 2 is 1.59 bits per heavy atom. The van der Waals surface area contributed by atoms with Gasteiger partial charge in [0.15, 0.2) is 0 Å². The molecule has 1 amide bonds. The first-order chi connectivity index (χ1) is 16.4. The smallest absolute Gasteiger partial charge is 0.308 e. The molecule has 3 aromatic carbocycles. The van der Waals surface area contributed by atoms with E-state index in [0.29, 0.717) is 11.4 Å². The molecule has 0 heterocycles. The Bertz CT molecular complexity index is 1120. The molecule has 7 heteroatoms. The van der Waals surface area contributed by atoms with Crippen LogP contribution in [0.15, 0.2) is 78.9 Å². The van der Waals surface area contributed by atoms with Gasteiger partial charge in [-0.1, -0.05) is 78.3 Å². The third kappa shape index (κ3) is 8.37.